The maximum absolute atomic E-state index is 13.1. The molecule has 0 amide bonds. The third kappa shape index (κ3) is 73.0. The molecule has 0 aromatic carbocycles. The van der Waals surface area contributed by atoms with E-state index < -0.39 is 97.5 Å². The minimum absolute atomic E-state index is 0.108. The van der Waals surface area contributed by atoms with Gasteiger partial charge in [0.2, 0.25) is 0 Å². The van der Waals surface area contributed by atoms with Crippen LogP contribution in [0, 0.1) is 5.92 Å². The fourth-order valence-corrected chi connectivity index (χ4v) is 14.1. The molecule has 0 aliphatic heterocycles. The maximum atomic E-state index is 13.1. The maximum Gasteiger partial charge on any atom is 0.472 e. The Morgan fingerprint density at radius 1 is 0.280 bits per heavy atom. The molecule has 0 saturated heterocycles. The lowest BCUT2D eigenvalue weighted by molar-refractivity contribution is -0.161. The molecule has 0 fully saturated rings. The number of ether oxygens (including phenoxy) is 4. The summed E-state index contributed by atoms with van der Waals surface area (Å²) < 4.78 is 68.6. The predicted molar refractivity (Wildman–Crippen MR) is 409 cm³/mol. The summed E-state index contributed by atoms with van der Waals surface area (Å²) in [5.41, 5.74) is 0. The lowest BCUT2D eigenvalue weighted by atomic mass is 9.99. The van der Waals surface area contributed by atoms with E-state index in [9.17, 15) is 43.2 Å². The topological polar surface area (TPSA) is 237 Å². The van der Waals surface area contributed by atoms with Crippen molar-refractivity contribution >= 4 is 39.5 Å². The Balaban J connectivity index is 5.19. The molecule has 0 aliphatic rings. The SMILES string of the molecule is CCCCCCCCCCCCCCCCCCCCCCCC(=O)O[C@H](COC(=O)CCCCCCCCCCCCCCCCC(C)CC)COP(=O)(O)OC[C@@H](O)COP(=O)(O)OC[C@@H](COC(=O)CCCCCCCCCC)OC(=O)CCCCCCCCCCCCCCC. The molecule has 0 saturated carbocycles. The smallest absolute Gasteiger partial charge is 0.462 e. The number of hydrogen-bond donors (Lipinski definition) is 3. The summed E-state index contributed by atoms with van der Waals surface area (Å²) in [4.78, 5) is 72.9. The highest BCUT2D eigenvalue weighted by molar-refractivity contribution is 7.47. The van der Waals surface area contributed by atoms with Gasteiger partial charge in [0, 0.05) is 25.7 Å². The molecule has 17 nitrogen and oxygen atoms in total. The number of carbonyl (C=O) groups is 4. The van der Waals surface area contributed by atoms with Gasteiger partial charge in [-0.15, -0.1) is 0 Å². The van der Waals surface area contributed by atoms with Gasteiger partial charge in [-0.1, -0.05) is 381 Å². The quantitative estimate of drug-likeness (QED) is 0.0222. The molecule has 594 valence electrons. The zero-order valence-electron chi connectivity index (χ0n) is 65.3. The van der Waals surface area contributed by atoms with Crippen LogP contribution in [0.25, 0.3) is 0 Å². The number of hydrogen-bond acceptors (Lipinski definition) is 15. The fourth-order valence-electron chi connectivity index (χ4n) is 12.6. The Morgan fingerprint density at radius 3 is 0.710 bits per heavy atom. The number of aliphatic hydroxyl groups excluding tert-OH is 1. The van der Waals surface area contributed by atoms with Gasteiger partial charge in [0.1, 0.15) is 19.3 Å². The Labute approximate surface area is 613 Å². The lowest BCUT2D eigenvalue weighted by Gasteiger charge is -2.21. The van der Waals surface area contributed by atoms with Crippen molar-refractivity contribution in [3.8, 4) is 0 Å². The minimum Gasteiger partial charge on any atom is -0.462 e. The Morgan fingerprint density at radius 2 is 0.480 bits per heavy atom. The van der Waals surface area contributed by atoms with Crippen molar-refractivity contribution in [2.75, 3.05) is 39.6 Å². The molecule has 0 aliphatic carbocycles. The number of aliphatic hydroxyl groups is 1. The van der Waals surface area contributed by atoms with Crippen LogP contribution in [0.2, 0.25) is 0 Å². The molecule has 0 rings (SSSR count). The van der Waals surface area contributed by atoms with Crippen molar-refractivity contribution in [1.82, 2.24) is 0 Å². The van der Waals surface area contributed by atoms with Crippen LogP contribution in [-0.2, 0) is 65.4 Å². The number of phosphoric acid groups is 2. The van der Waals surface area contributed by atoms with Gasteiger partial charge in [-0.3, -0.25) is 37.3 Å². The van der Waals surface area contributed by atoms with Gasteiger partial charge in [0.05, 0.1) is 26.4 Å². The van der Waals surface area contributed by atoms with Crippen LogP contribution in [0.5, 0.6) is 0 Å². The lowest BCUT2D eigenvalue weighted by Crippen LogP contribution is -2.30. The van der Waals surface area contributed by atoms with Crippen LogP contribution in [0.4, 0.5) is 0 Å². The molecule has 0 radical (unpaired) electrons. The van der Waals surface area contributed by atoms with Crippen molar-refractivity contribution in [3.05, 3.63) is 0 Å². The molecule has 100 heavy (non-hydrogen) atoms. The summed E-state index contributed by atoms with van der Waals surface area (Å²) in [5, 5.41) is 10.6. The van der Waals surface area contributed by atoms with E-state index in [2.05, 4.69) is 34.6 Å². The number of carbonyl (C=O) groups excluding carboxylic acids is 4. The summed E-state index contributed by atoms with van der Waals surface area (Å²) >= 11 is 0. The van der Waals surface area contributed by atoms with E-state index in [1.807, 2.05) is 0 Å². The zero-order valence-corrected chi connectivity index (χ0v) is 67.1. The van der Waals surface area contributed by atoms with Gasteiger partial charge < -0.3 is 33.8 Å². The third-order valence-electron chi connectivity index (χ3n) is 19.4. The average Bonchev–Trinajstić information content (AvgIpc) is 1.08. The van der Waals surface area contributed by atoms with Gasteiger partial charge in [-0.2, -0.15) is 0 Å². The first-order valence-electron chi connectivity index (χ1n) is 42.2. The van der Waals surface area contributed by atoms with Gasteiger partial charge in [0.15, 0.2) is 12.2 Å². The van der Waals surface area contributed by atoms with Crippen LogP contribution in [0.1, 0.15) is 433 Å². The zero-order chi connectivity index (χ0) is 73.4. The van der Waals surface area contributed by atoms with Gasteiger partial charge in [-0.25, -0.2) is 9.13 Å². The molecular formula is C81H158O17P2. The predicted octanol–water partition coefficient (Wildman–Crippen LogP) is 24.4. The van der Waals surface area contributed by atoms with Crippen LogP contribution in [-0.4, -0.2) is 96.7 Å². The Hall–Kier alpha value is -1.94. The van der Waals surface area contributed by atoms with E-state index in [1.165, 1.54) is 250 Å². The summed E-state index contributed by atoms with van der Waals surface area (Å²) in [6.45, 7) is 7.36. The largest absolute Gasteiger partial charge is 0.472 e. The van der Waals surface area contributed by atoms with E-state index in [0.717, 1.165) is 102 Å². The minimum atomic E-state index is -4.96. The van der Waals surface area contributed by atoms with Crippen molar-refractivity contribution in [2.45, 2.75) is 451 Å². The summed E-state index contributed by atoms with van der Waals surface area (Å²) in [6.07, 6.45) is 65.3. The van der Waals surface area contributed by atoms with E-state index in [1.54, 1.807) is 0 Å². The molecule has 3 unspecified atom stereocenters. The molecule has 6 atom stereocenters. The first-order chi connectivity index (χ1) is 48.6. The van der Waals surface area contributed by atoms with Gasteiger partial charge >= 0.3 is 39.5 Å². The highest BCUT2D eigenvalue weighted by Gasteiger charge is 2.30. The number of esters is 4. The van der Waals surface area contributed by atoms with E-state index >= 15 is 0 Å². The Kier molecular flexibility index (Phi) is 72.5. The Bertz CT molecular complexity index is 1910. The van der Waals surface area contributed by atoms with Crippen molar-refractivity contribution in [1.29, 1.82) is 0 Å². The second-order valence-electron chi connectivity index (χ2n) is 29.4. The average molecular weight is 1470 g/mol. The molecular weight excluding hydrogens is 1310 g/mol. The number of unbranched alkanes of at least 4 members (excludes halogenated alkanes) is 52. The van der Waals surface area contributed by atoms with E-state index in [4.69, 9.17) is 37.0 Å². The normalized spacial score (nSPS) is 14.1. The first kappa shape index (κ1) is 98.1. The molecule has 0 bridgehead atoms. The number of rotatable bonds is 81. The molecule has 0 spiro atoms. The first-order valence-corrected chi connectivity index (χ1v) is 45.2. The van der Waals surface area contributed by atoms with Crippen LogP contribution in [0.3, 0.4) is 0 Å². The molecule has 0 aromatic rings. The van der Waals surface area contributed by atoms with Crippen LogP contribution in [0.15, 0.2) is 0 Å². The fraction of sp³-hybridized carbons (Fsp3) is 0.951. The highest BCUT2D eigenvalue weighted by atomic mass is 31.2. The van der Waals surface area contributed by atoms with Gasteiger partial charge in [0.25, 0.3) is 0 Å². The van der Waals surface area contributed by atoms with Crippen LogP contribution < -0.4 is 0 Å². The number of phosphoric ester groups is 2. The second-order valence-corrected chi connectivity index (χ2v) is 32.3. The third-order valence-corrected chi connectivity index (χ3v) is 21.3. The van der Waals surface area contributed by atoms with Crippen molar-refractivity contribution < 1.29 is 80.2 Å². The monoisotopic (exact) mass is 1470 g/mol. The molecule has 19 heteroatoms. The van der Waals surface area contributed by atoms with E-state index in [0.29, 0.717) is 25.7 Å². The van der Waals surface area contributed by atoms with E-state index in [-0.39, 0.29) is 25.7 Å². The standard InChI is InChI=1S/C81H158O17P2/c1-6-10-13-16-19-22-24-26-27-28-29-30-31-32-33-39-43-47-52-57-62-67-81(86)98-77(71-92-79(84)65-60-55-50-45-41-38-35-34-37-40-44-48-53-58-63-74(5)9-4)73-96-100(89,90)94-69-75(82)68-93-99(87,88)95-72-76(70-91-78(83)64-59-54-49-21-18-15-12-8-3)97-80(85)66-61-56-51-46-42-36-25-23-20-17-14-11-7-2/h74-77,82H,6-73H2,1-5H3,(H,87,88)(H,89,90)/t74?,75-,76+,77+/m0/s1. The summed E-state index contributed by atoms with van der Waals surface area (Å²) in [5.74, 6) is -1.26. The van der Waals surface area contributed by atoms with Crippen molar-refractivity contribution in [3.63, 3.8) is 0 Å². The summed E-state index contributed by atoms with van der Waals surface area (Å²) in [6, 6.07) is 0. The van der Waals surface area contributed by atoms with Gasteiger partial charge in [-0.05, 0) is 31.6 Å². The van der Waals surface area contributed by atoms with Crippen molar-refractivity contribution in [2.24, 2.45) is 5.92 Å². The van der Waals surface area contributed by atoms with Crippen LogP contribution >= 0.6 is 15.6 Å². The second kappa shape index (κ2) is 73.9. The summed E-state index contributed by atoms with van der Waals surface area (Å²) in [7, 11) is -9.91. The molecule has 0 heterocycles. The molecule has 0 aromatic heterocycles. The molecule has 3 N–H and O–H groups in total. The highest BCUT2D eigenvalue weighted by Crippen LogP contribution is 2.45.